The molecule has 0 aliphatic carbocycles. The zero-order chi connectivity index (χ0) is 27.8. The number of anilines is 3. The number of nitrogens with zero attached hydrogens (tertiary/aromatic N) is 7. The molecule has 6 rings (SSSR count). The molecule has 0 saturated carbocycles. The number of aromatic nitrogens is 5. The van der Waals surface area contributed by atoms with Gasteiger partial charge in [0.1, 0.15) is 18.0 Å². The van der Waals surface area contributed by atoms with Crippen molar-refractivity contribution in [2.45, 2.75) is 26.3 Å². The Morgan fingerprint density at radius 2 is 1.95 bits per heavy atom. The standard InChI is InChI=1S/C31H32N8O/c1-5-30(40)39-11-10-38(17-21(39)3)29-15-25-27(16-32-29)33-18-34-31(25)36-24-8-7-23(20(2)12-24)13-22-6-9-28-26(14-22)35-19-37(28)4/h5-9,12,14-16,18-19,21H,1,10-11,13,17H2,2-4H3,(H,33,34,36). The van der Waals surface area contributed by atoms with Crippen molar-refractivity contribution in [1.82, 2.24) is 29.4 Å². The second kappa shape index (κ2) is 10.4. The molecule has 9 heteroatoms. The van der Waals surface area contributed by atoms with Crippen molar-refractivity contribution in [3.05, 3.63) is 90.7 Å². The van der Waals surface area contributed by atoms with E-state index in [-0.39, 0.29) is 11.9 Å². The number of rotatable bonds is 6. The quantitative estimate of drug-likeness (QED) is 0.315. The number of amides is 1. The number of aryl methyl sites for hydroxylation is 2. The van der Waals surface area contributed by atoms with E-state index >= 15 is 0 Å². The molecule has 1 aliphatic heterocycles. The number of benzene rings is 2. The summed E-state index contributed by atoms with van der Waals surface area (Å²) >= 11 is 0. The summed E-state index contributed by atoms with van der Waals surface area (Å²) in [6.07, 6.45) is 7.42. The predicted octanol–water partition coefficient (Wildman–Crippen LogP) is 4.78. The summed E-state index contributed by atoms with van der Waals surface area (Å²) in [5.74, 6) is 1.54. The van der Waals surface area contributed by atoms with E-state index in [1.807, 2.05) is 35.8 Å². The lowest BCUT2D eigenvalue weighted by Gasteiger charge is -2.40. The first-order chi connectivity index (χ1) is 19.4. The highest BCUT2D eigenvalue weighted by Gasteiger charge is 2.27. The van der Waals surface area contributed by atoms with Gasteiger partial charge in [-0.05, 0) is 73.4 Å². The summed E-state index contributed by atoms with van der Waals surface area (Å²) in [5.41, 5.74) is 7.59. The van der Waals surface area contributed by atoms with Crippen molar-refractivity contribution < 1.29 is 4.79 Å². The number of carbonyl (C=O) groups is 1. The average molecular weight is 533 g/mol. The van der Waals surface area contributed by atoms with Crippen LogP contribution in [0.5, 0.6) is 0 Å². The first-order valence-electron chi connectivity index (χ1n) is 13.4. The maximum absolute atomic E-state index is 12.1. The molecule has 1 fully saturated rings. The molecule has 0 spiro atoms. The van der Waals surface area contributed by atoms with Crippen LogP contribution in [-0.2, 0) is 18.3 Å². The van der Waals surface area contributed by atoms with Crippen molar-refractivity contribution in [2.75, 3.05) is 29.9 Å². The molecule has 1 aliphatic rings. The van der Waals surface area contributed by atoms with Crippen LogP contribution in [0.1, 0.15) is 23.6 Å². The number of pyridine rings is 1. The molecule has 0 bridgehead atoms. The molecule has 0 radical (unpaired) electrons. The van der Waals surface area contributed by atoms with Gasteiger partial charge in [0.15, 0.2) is 0 Å². The van der Waals surface area contributed by atoms with Gasteiger partial charge in [0.25, 0.3) is 0 Å². The Morgan fingerprint density at radius 1 is 1.07 bits per heavy atom. The molecule has 4 heterocycles. The minimum Gasteiger partial charge on any atom is -0.353 e. The molecule has 2 aromatic carbocycles. The number of piperazine rings is 1. The number of nitrogens with one attached hydrogen (secondary N) is 1. The smallest absolute Gasteiger partial charge is 0.246 e. The van der Waals surface area contributed by atoms with E-state index in [2.05, 4.69) is 80.1 Å². The van der Waals surface area contributed by atoms with E-state index < -0.39 is 0 Å². The Hall–Kier alpha value is -4.79. The fourth-order valence-electron chi connectivity index (χ4n) is 5.45. The summed E-state index contributed by atoms with van der Waals surface area (Å²) < 4.78 is 2.04. The first kappa shape index (κ1) is 25.5. The molecule has 1 amide bonds. The van der Waals surface area contributed by atoms with Gasteiger partial charge in [0.2, 0.25) is 5.91 Å². The van der Waals surface area contributed by atoms with Crippen LogP contribution in [0.4, 0.5) is 17.3 Å². The van der Waals surface area contributed by atoms with Gasteiger partial charge in [-0.25, -0.2) is 19.9 Å². The van der Waals surface area contributed by atoms with Gasteiger partial charge in [-0.2, -0.15) is 0 Å². The third-order valence-electron chi connectivity index (χ3n) is 7.71. The lowest BCUT2D eigenvalue weighted by atomic mass is 9.99. The predicted molar refractivity (Wildman–Crippen MR) is 159 cm³/mol. The molecule has 5 aromatic rings. The number of fused-ring (bicyclic) bond motifs is 2. The number of hydrogen-bond donors (Lipinski definition) is 1. The maximum atomic E-state index is 12.1. The zero-order valence-corrected chi connectivity index (χ0v) is 23.0. The average Bonchev–Trinajstić information content (AvgIpc) is 3.33. The number of imidazole rings is 1. The van der Waals surface area contributed by atoms with Crippen molar-refractivity contribution >= 4 is 45.2 Å². The van der Waals surface area contributed by atoms with Crippen molar-refractivity contribution in [1.29, 1.82) is 0 Å². The Kier molecular flexibility index (Phi) is 6.63. The fourth-order valence-corrected chi connectivity index (χ4v) is 5.45. The largest absolute Gasteiger partial charge is 0.353 e. The van der Waals surface area contributed by atoms with Gasteiger partial charge in [0, 0.05) is 43.8 Å². The van der Waals surface area contributed by atoms with E-state index in [0.717, 1.165) is 45.7 Å². The Bertz CT molecular complexity index is 1740. The SMILES string of the molecule is C=CC(=O)N1CCN(c2cc3c(Nc4ccc(Cc5ccc6c(c5)ncn6C)c(C)c4)ncnc3cn2)CC1C. The van der Waals surface area contributed by atoms with Crippen LogP contribution < -0.4 is 10.2 Å². The van der Waals surface area contributed by atoms with Crippen molar-refractivity contribution in [3.8, 4) is 0 Å². The van der Waals surface area contributed by atoms with Gasteiger partial charge < -0.3 is 19.7 Å². The van der Waals surface area contributed by atoms with E-state index in [9.17, 15) is 4.79 Å². The van der Waals surface area contributed by atoms with Crippen LogP contribution in [0.15, 0.2) is 74.0 Å². The van der Waals surface area contributed by atoms with Crippen LogP contribution in [-0.4, -0.2) is 61.0 Å². The van der Waals surface area contributed by atoms with E-state index in [0.29, 0.717) is 19.6 Å². The topological polar surface area (TPSA) is 92.1 Å². The lowest BCUT2D eigenvalue weighted by molar-refractivity contribution is -0.128. The van der Waals surface area contributed by atoms with Gasteiger partial charge in [0.05, 0.1) is 29.1 Å². The lowest BCUT2D eigenvalue weighted by Crippen LogP contribution is -2.53. The molecular formula is C31H32N8O. The molecule has 202 valence electrons. The minimum atomic E-state index is -0.0332. The number of hydrogen-bond acceptors (Lipinski definition) is 7. The van der Waals surface area contributed by atoms with Crippen LogP contribution in [0.2, 0.25) is 0 Å². The van der Waals surface area contributed by atoms with Crippen molar-refractivity contribution in [3.63, 3.8) is 0 Å². The zero-order valence-electron chi connectivity index (χ0n) is 23.0. The molecule has 1 N–H and O–H groups in total. The molecule has 1 atom stereocenters. The van der Waals surface area contributed by atoms with E-state index in [1.165, 1.54) is 22.8 Å². The van der Waals surface area contributed by atoms with Gasteiger partial charge in [-0.3, -0.25) is 4.79 Å². The Labute approximate surface area is 233 Å². The van der Waals surface area contributed by atoms with Crippen LogP contribution >= 0.6 is 0 Å². The molecular weight excluding hydrogens is 500 g/mol. The Morgan fingerprint density at radius 3 is 2.75 bits per heavy atom. The van der Waals surface area contributed by atoms with Crippen LogP contribution in [0.3, 0.4) is 0 Å². The van der Waals surface area contributed by atoms with Crippen molar-refractivity contribution in [2.24, 2.45) is 7.05 Å². The summed E-state index contributed by atoms with van der Waals surface area (Å²) in [6.45, 7) is 9.84. The van der Waals surface area contributed by atoms with Crippen LogP contribution in [0.25, 0.3) is 21.9 Å². The minimum absolute atomic E-state index is 0.0332. The highest BCUT2D eigenvalue weighted by molar-refractivity contribution is 5.92. The molecule has 9 nitrogen and oxygen atoms in total. The summed E-state index contributed by atoms with van der Waals surface area (Å²) in [5, 5.41) is 4.40. The highest BCUT2D eigenvalue weighted by Crippen LogP contribution is 2.28. The Balaban J connectivity index is 1.21. The third kappa shape index (κ3) is 4.86. The maximum Gasteiger partial charge on any atom is 0.246 e. The van der Waals surface area contributed by atoms with Gasteiger partial charge >= 0.3 is 0 Å². The van der Waals surface area contributed by atoms with E-state index in [1.54, 1.807) is 12.5 Å². The molecule has 1 saturated heterocycles. The summed E-state index contributed by atoms with van der Waals surface area (Å²) in [4.78, 5) is 34.4. The normalized spacial score (nSPS) is 15.5. The molecule has 40 heavy (non-hydrogen) atoms. The second-order valence-electron chi connectivity index (χ2n) is 10.4. The molecule has 3 aromatic heterocycles. The summed E-state index contributed by atoms with van der Waals surface area (Å²) in [7, 11) is 2.01. The van der Waals surface area contributed by atoms with E-state index in [4.69, 9.17) is 0 Å². The molecule has 1 unspecified atom stereocenters. The first-order valence-corrected chi connectivity index (χ1v) is 13.4. The monoisotopic (exact) mass is 532 g/mol. The second-order valence-corrected chi connectivity index (χ2v) is 10.4. The van der Waals surface area contributed by atoms with Gasteiger partial charge in [-0.15, -0.1) is 0 Å². The van der Waals surface area contributed by atoms with Gasteiger partial charge in [-0.1, -0.05) is 18.7 Å². The third-order valence-corrected chi connectivity index (χ3v) is 7.71. The number of carbonyl (C=O) groups excluding carboxylic acids is 1. The highest BCUT2D eigenvalue weighted by atomic mass is 16.2. The fraction of sp³-hybridized carbons (Fsp3) is 0.258. The van der Waals surface area contributed by atoms with Crippen LogP contribution in [0, 0.1) is 6.92 Å². The summed E-state index contributed by atoms with van der Waals surface area (Å²) in [6, 6.07) is 15.0.